The summed E-state index contributed by atoms with van der Waals surface area (Å²) in [6, 6.07) is 6.17. The summed E-state index contributed by atoms with van der Waals surface area (Å²) in [5.41, 5.74) is 13.2. The summed E-state index contributed by atoms with van der Waals surface area (Å²) >= 11 is 2.09. The van der Waals surface area contributed by atoms with Gasteiger partial charge in [0, 0.05) is 9.64 Å². The minimum Gasteiger partial charge on any atom is -0.397 e. The number of thioether (sulfide) groups is 1. The summed E-state index contributed by atoms with van der Waals surface area (Å²) in [5.74, 6) is 3.01. The maximum Gasteiger partial charge on any atom is 0.0559 e. The molecule has 0 radical (unpaired) electrons. The monoisotopic (exact) mass is 274 g/mol. The molecule has 4 N–H and O–H groups in total. The summed E-state index contributed by atoms with van der Waals surface area (Å²) in [7, 11) is 0. The van der Waals surface area contributed by atoms with Crippen LogP contribution in [0.5, 0.6) is 0 Å². The molecule has 1 aromatic rings. The van der Waals surface area contributed by atoms with E-state index in [-0.39, 0.29) is 0 Å². The maximum atomic E-state index is 5.95. The van der Waals surface area contributed by atoms with Crippen molar-refractivity contribution in [3.05, 3.63) is 18.2 Å². The van der Waals surface area contributed by atoms with Gasteiger partial charge in [-0.15, -0.1) is 11.8 Å². The van der Waals surface area contributed by atoms with Gasteiger partial charge in [0.15, 0.2) is 0 Å². The van der Waals surface area contributed by atoms with E-state index < -0.39 is 0 Å². The molecule has 0 unspecified atom stereocenters. The van der Waals surface area contributed by atoms with Crippen molar-refractivity contribution in [3.63, 3.8) is 0 Å². The molecule has 3 heteroatoms. The molecule has 0 saturated heterocycles. The fourth-order valence-electron chi connectivity index (χ4n) is 5.02. The first-order valence-electron chi connectivity index (χ1n) is 7.46. The summed E-state index contributed by atoms with van der Waals surface area (Å²) in [5, 5.41) is 0. The average molecular weight is 274 g/mol. The van der Waals surface area contributed by atoms with Gasteiger partial charge in [-0.2, -0.15) is 0 Å². The van der Waals surface area contributed by atoms with Gasteiger partial charge in [0.05, 0.1) is 11.4 Å². The predicted molar refractivity (Wildman–Crippen MR) is 82.0 cm³/mol. The van der Waals surface area contributed by atoms with E-state index in [1.54, 1.807) is 0 Å². The van der Waals surface area contributed by atoms with Crippen molar-refractivity contribution in [2.45, 2.75) is 48.2 Å². The number of rotatable bonds is 2. The standard InChI is InChI=1S/C16H22N2S/c17-14-2-1-13(6-15(14)18)19-16-7-10-3-11(8-16)5-12(4-10)9-16/h1-2,6,10-12H,3-5,7-9,17-18H2. The fourth-order valence-corrected chi connectivity index (χ4v) is 6.80. The SMILES string of the molecule is Nc1ccc(SC23CC4CC(CC(C4)C2)C3)cc1N. The topological polar surface area (TPSA) is 52.0 Å². The number of hydrogen-bond acceptors (Lipinski definition) is 3. The molecular formula is C16H22N2S. The van der Waals surface area contributed by atoms with Crippen molar-refractivity contribution in [1.82, 2.24) is 0 Å². The zero-order chi connectivity index (χ0) is 13.0. The second-order valence-corrected chi connectivity index (χ2v) is 8.53. The van der Waals surface area contributed by atoms with Gasteiger partial charge in [-0.1, -0.05) is 0 Å². The molecule has 102 valence electrons. The normalized spacial score (nSPS) is 39.7. The Morgan fingerprint density at radius 1 is 0.895 bits per heavy atom. The third kappa shape index (κ3) is 2.03. The van der Waals surface area contributed by atoms with E-state index in [0.717, 1.165) is 23.4 Å². The lowest BCUT2D eigenvalue weighted by Crippen LogP contribution is -2.48. The molecule has 0 atom stereocenters. The van der Waals surface area contributed by atoms with E-state index in [9.17, 15) is 0 Å². The van der Waals surface area contributed by atoms with Crippen molar-refractivity contribution in [1.29, 1.82) is 0 Å². The van der Waals surface area contributed by atoms with Gasteiger partial charge in [0.25, 0.3) is 0 Å². The number of nitrogen functional groups attached to an aromatic ring is 2. The third-order valence-electron chi connectivity index (χ3n) is 5.37. The number of anilines is 2. The van der Waals surface area contributed by atoms with Crippen LogP contribution in [0.2, 0.25) is 0 Å². The second-order valence-electron chi connectivity index (χ2n) is 6.99. The van der Waals surface area contributed by atoms with Crippen molar-refractivity contribution in [3.8, 4) is 0 Å². The largest absolute Gasteiger partial charge is 0.397 e. The van der Waals surface area contributed by atoms with Crippen molar-refractivity contribution in [2.24, 2.45) is 17.8 Å². The van der Waals surface area contributed by atoms with Gasteiger partial charge in [0.2, 0.25) is 0 Å². The van der Waals surface area contributed by atoms with Crippen LogP contribution in [0.3, 0.4) is 0 Å². The highest BCUT2D eigenvalue weighted by molar-refractivity contribution is 8.00. The average Bonchev–Trinajstić information content (AvgIpc) is 2.31. The molecule has 4 aliphatic rings. The Hall–Kier alpha value is -0.830. The third-order valence-corrected chi connectivity index (χ3v) is 6.80. The quantitative estimate of drug-likeness (QED) is 0.804. The van der Waals surface area contributed by atoms with E-state index in [4.69, 9.17) is 11.5 Å². The van der Waals surface area contributed by atoms with E-state index in [1.807, 2.05) is 6.07 Å². The minimum atomic E-state index is 0.511. The lowest BCUT2D eigenvalue weighted by Gasteiger charge is -2.56. The van der Waals surface area contributed by atoms with E-state index in [2.05, 4.69) is 23.9 Å². The lowest BCUT2D eigenvalue weighted by molar-refractivity contribution is 0.0383. The predicted octanol–water partition coefficient (Wildman–Crippen LogP) is 3.91. The van der Waals surface area contributed by atoms with Crippen LogP contribution in [0.1, 0.15) is 38.5 Å². The summed E-state index contributed by atoms with van der Waals surface area (Å²) in [4.78, 5) is 1.31. The molecule has 0 heterocycles. The Morgan fingerprint density at radius 3 is 2.00 bits per heavy atom. The Bertz CT molecular complexity index is 476. The Labute approximate surface area is 119 Å². The van der Waals surface area contributed by atoms with Gasteiger partial charge < -0.3 is 11.5 Å². The molecule has 4 saturated carbocycles. The van der Waals surface area contributed by atoms with Crippen LogP contribution in [0.15, 0.2) is 23.1 Å². The van der Waals surface area contributed by atoms with Crippen LogP contribution in [0.4, 0.5) is 11.4 Å². The molecular weight excluding hydrogens is 252 g/mol. The Kier molecular flexibility index (Phi) is 2.57. The second kappa shape index (κ2) is 4.08. The summed E-state index contributed by atoms with van der Waals surface area (Å²) in [6.07, 6.45) is 8.78. The number of nitrogens with two attached hydrogens (primary N) is 2. The molecule has 1 aromatic carbocycles. The summed E-state index contributed by atoms with van der Waals surface area (Å²) < 4.78 is 0.511. The van der Waals surface area contributed by atoms with Gasteiger partial charge in [0.1, 0.15) is 0 Å². The zero-order valence-electron chi connectivity index (χ0n) is 11.3. The van der Waals surface area contributed by atoms with Crippen LogP contribution in [0.25, 0.3) is 0 Å². The van der Waals surface area contributed by atoms with Crippen LogP contribution in [-0.4, -0.2) is 4.75 Å². The molecule has 0 aromatic heterocycles. The fraction of sp³-hybridized carbons (Fsp3) is 0.625. The Balaban J connectivity index is 1.60. The van der Waals surface area contributed by atoms with Crippen LogP contribution in [-0.2, 0) is 0 Å². The van der Waals surface area contributed by atoms with Crippen molar-refractivity contribution in [2.75, 3.05) is 11.5 Å². The van der Waals surface area contributed by atoms with Gasteiger partial charge in [-0.25, -0.2) is 0 Å². The molecule has 4 aliphatic carbocycles. The molecule has 0 aliphatic heterocycles. The highest BCUT2D eigenvalue weighted by Gasteiger charge is 2.51. The van der Waals surface area contributed by atoms with Crippen molar-refractivity contribution >= 4 is 23.1 Å². The molecule has 19 heavy (non-hydrogen) atoms. The number of benzene rings is 1. The molecule has 5 rings (SSSR count). The smallest absolute Gasteiger partial charge is 0.0559 e. The van der Waals surface area contributed by atoms with Crippen LogP contribution in [0, 0.1) is 17.8 Å². The van der Waals surface area contributed by atoms with Crippen molar-refractivity contribution < 1.29 is 0 Å². The number of hydrogen-bond donors (Lipinski definition) is 2. The molecule has 0 amide bonds. The highest BCUT2D eigenvalue weighted by atomic mass is 32.2. The first kappa shape index (κ1) is 12.0. The maximum absolute atomic E-state index is 5.95. The van der Waals surface area contributed by atoms with E-state index in [0.29, 0.717) is 10.4 Å². The van der Waals surface area contributed by atoms with Crippen LogP contribution >= 0.6 is 11.8 Å². The van der Waals surface area contributed by atoms with Gasteiger partial charge in [-0.05, 0) is 74.5 Å². The highest BCUT2D eigenvalue weighted by Crippen LogP contribution is 2.61. The minimum absolute atomic E-state index is 0.511. The lowest BCUT2D eigenvalue weighted by atomic mass is 9.56. The Morgan fingerprint density at radius 2 is 1.47 bits per heavy atom. The van der Waals surface area contributed by atoms with Gasteiger partial charge in [-0.3, -0.25) is 0 Å². The summed E-state index contributed by atoms with van der Waals surface area (Å²) in [6.45, 7) is 0. The van der Waals surface area contributed by atoms with E-state index in [1.165, 1.54) is 43.4 Å². The zero-order valence-corrected chi connectivity index (χ0v) is 12.1. The first-order chi connectivity index (χ1) is 9.12. The molecule has 4 fully saturated rings. The van der Waals surface area contributed by atoms with Gasteiger partial charge >= 0.3 is 0 Å². The molecule has 0 spiro atoms. The van der Waals surface area contributed by atoms with Crippen LogP contribution < -0.4 is 11.5 Å². The van der Waals surface area contributed by atoms with E-state index >= 15 is 0 Å². The molecule has 4 bridgehead atoms. The first-order valence-corrected chi connectivity index (χ1v) is 8.28. The molecule has 2 nitrogen and oxygen atoms in total.